The molecule has 2 aliphatic carbocycles. The maximum absolute atomic E-state index is 12.7. The number of ketones is 1. The first-order valence-electron chi connectivity index (χ1n) is 9.32. The highest BCUT2D eigenvalue weighted by molar-refractivity contribution is 6.03. The molecule has 0 spiro atoms. The summed E-state index contributed by atoms with van der Waals surface area (Å²) in [5.41, 5.74) is 3.48. The molecule has 2 aliphatic rings. The molecule has 2 fully saturated rings. The van der Waals surface area contributed by atoms with Gasteiger partial charge in [0.2, 0.25) is 0 Å². The molecule has 0 N–H and O–H groups in total. The first-order chi connectivity index (χ1) is 11.2. The molecular weight excluding hydrogens is 282 g/mol. The maximum Gasteiger partial charge on any atom is 0.162 e. The number of allylic oxidation sites excluding steroid dienone is 1. The summed E-state index contributed by atoms with van der Waals surface area (Å²) >= 11 is 0. The smallest absolute Gasteiger partial charge is 0.162 e. The monoisotopic (exact) mass is 311 g/mol. The molecule has 1 aromatic carbocycles. The molecule has 0 heterocycles. The Balaban J connectivity index is 1.70. The van der Waals surface area contributed by atoms with Crippen LogP contribution in [0.3, 0.4) is 0 Å². The van der Waals surface area contributed by atoms with Gasteiger partial charge in [0.05, 0.1) is 0 Å². The molecule has 0 amide bonds. The van der Waals surface area contributed by atoms with Crippen LogP contribution in [0.25, 0.3) is 6.08 Å². The van der Waals surface area contributed by atoms with Crippen molar-refractivity contribution in [2.75, 3.05) is 18.0 Å². The fraction of sp³-hybridized carbons (Fsp3) is 0.571. The van der Waals surface area contributed by atoms with Crippen LogP contribution in [0.15, 0.2) is 29.8 Å². The molecule has 1 atom stereocenters. The second-order valence-electron chi connectivity index (χ2n) is 6.99. The van der Waals surface area contributed by atoms with Crippen LogP contribution in [0.4, 0.5) is 5.69 Å². The van der Waals surface area contributed by atoms with Crippen LogP contribution in [0.2, 0.25) is 0 Å². The predicted octanol–water partition coefficient (Wildman–Crippen LogP) is 5.09. The number of nitrogens with zero attached hydrogens (tertiary/aromatic N) is 1. The Kier molecular flexibility index (Phi) is 5.20. The van der Waals surface area contributed by atoms with Crippen LogP contribution in [0, 0.1) is 11.8 Å². The zero-order valence-corrected chi connectivity index (χ0v) is 14.6. The molecule has 2 saturated carbocycles. The fourth-order valence-electron chi connectivity index (χ4n) is 4.33. The molecule has 1 aromatic rings. The van der Waals surface area contributed by atoms with Crippen molar-refractivity contribution in [2.24, 2.45) is 11.8 Å². The lowest BCUT2D eigenvalue weighted by Crippen LogP contribution is -2.21. The third kappa shape index (κ3) is 3.52. The third-order valence-electron chi connectivity index (χ3n) is 5.71. The van der Waals surface area contributed by atoms with Gasteiger partial charge in [-0.25, -0.2) is 0 Å². The minimum atomic E-state index is 0.318. The molecule has 0 bridgehead atoms. The van der Waals surface area contributed by atoms with Gasteiger partial charge in [-0.15, -0.1) is 0 Å². The molecular formula is C21H29NO. The Morgan fingerprint density at radius 1 is 1.04 bits per heavy atom. The summed E-state index contributed by atoms with van der Waals surface area (Å²) in [7, 11) is 0. The summed E-state index contributed by atoms with van der Waals surface area (Å²) in [6, 6.07) is 8.65. The predicted molar refractivity (Wildman–Crippen MR) is 97.7 cm³/mol. The van der Waals surface area contributed by atoms with E-state index in [4.69, 9.17) is 0 Å². The van der Waals surface area contributed by atoms with Crippen molar-refractivity contribution in [3.63, 3.8) is 0 Å². The number of rotatable bonds is 5. The first-order valence-corrected chi connectivity index (χ1v) is 9.32. The minimum absolute atomic E-state index is 0.318. The number of hydrogen-bond donors (Lipinski definition) is 0. The van der Waals surface area contributed by atoms with Crippen molar-refractivity contribution in [1.82, 2.24) is 0 Å². The second kappa shape index (κ2) is 7.33. The Hall–Kier alpha value is -1.57. The fourth-order valence-corrected chi connectivity index (χ4v) is 4.33. The average molecular weight is 311 g/mol. The summed E-state index contributed by atoms with van der Waals surface area (Å²) in [6.07, 6.45) is 9.35. The van der Waals surface area contributed by atoms with Crippen LogP contribution in [0.5, 0.6) is 0 Å². The van der Waals surface area contributed by atoms with E-state index in [9.17, 15) is 4.79 Å². The summed E-state index contributed by atoms with van der Waals surface area (Å²) in [5.74, 6) is 1.42. The molecule has 0 aliphatic heterocycles. The summed E-state index contributed by atoms with van der Waals surface area (Å²) in [6.45, 7) is 6.41. The van der Waals surface area contributed by atoms with Gasteiger partial charge in [0.1, 0.15) is 0 Å². The number of carbonyl (C=O) groups excluding carboxylic acids is 1. The van der Waals surface area contributed by atoms with Gasteiger partial charge in [-0.1, -0.05) is 25.0 Å². The first kappa shape index (κ1) is 16.3. The molecule has 0 unspecified atom stereocenters. The highest BCUT2D eigenvalue weighted by atomic mass is 16.1. The van der Waals surface area contributed by atoms with E-state index in [-0.39, 0.29) is 0 Å². The Labute approximate surface area is 140 Å². The summed E-state index contributed by atoms with van der Waals surface area (Å²) in [5, 5.41) is 0. The largest absolute Gasteiger partial charge is 0.372 e. The van der Waals surface area contributed by atoms with Crippen molar-refractivity contribution in [2.45, 2.75) is 52.4 Å². The number of hydrogen-bond acceptors (Lipinski definition) is 2. The van der Waals surface area contributed by atoms with Gasteiger partial charge in [0.15, 0.2) is 5.78 Å². The van der Waals surface area contributed by atoms with E-state index in [1.165, 1.54) is 31.4 Å². The molecule has 2 heteroatoms. The van der Waals surface area contributed by atoms with Crippen LogP contribution >= 0.6 is 0 Å². The van der Waals surface area contributed by atoms with Crippen molar-refractivity contribution in [1.29, 1.82) is 0 Å². The third-order valence-corrected chi connectivity index (χ3v) is 5.71. The van der Waals surface area contributed by atoms with E-state index < -0.39 is 0 Å². The number of Topliss-reactive ketones (excluding diaryl/α,β-unsaturated/α-hetero) is 1. The van der Waals surface area contributed by atoms with Gasteiger partial charge in [0, 0.05) is 24.7 Å². The van der Waals surface area contributed by atoms with E-state index in [0.29, 0.717) is 17.6 Å². The quantitative estimate of drug-likeness (QED) is 0.706. The average Bonchev–Trinajstić information content (AvgIpc) is 3.21. The van der Waals surface area contributed by atoms with E-state index in [1.807, 2.05) is 0 Å². The number of benzene rings is 1. The van der Waals surface area contributed by atoms with E-state index >= 15 is 0 Å². The van der Waals surface area contributed by atoms with E-state index in [2.05, 4.69) is 49.1 Å². The molecule has 2 nitrogen and oxygen atoms in total. The number of carbonyl (C=O) groups is 1. The minimum Gasteiger partial charge on any atom is -0.372 e. The normalized spacial score (nSPS) is 23.8. The summed E-state index contributed by atoms with van der Waals surface area (Å²) < 4.78 is 0. The van der Waals surface area contributed by atoms with Gasteiger partial charge in [-0.05, 0) is 74.8 Å². The van der Waals surface area contributed by atoms with Crippen LogP contribution in [-0.2, 0) is 4.79 Å². The zero-order chi connectivity index (χ0) is 16.2. The Morgan fingerprint density at radius 3 is 2.30 bits per heavy atom. The Bertz CT molecular complexity index is 562. The molecule has 3 rings (SSSR count). The highest BCUT2D eigenvalue weighted by Gasteiger charge is 2.36. The van der Waals surface area contributed by atoms with Crippen molar-refractivity contribution >= 4 is 17.5 Å². The molecule has 0 radical (unpaired) electrons. The topological polar surface area (TPSA) is 20.3 Å². The van der Waals surface area contributed by atoms with Crippen LogP contribution < -0.4 is 4.90 Å². The molecule has 23 heavy (non-hydrogen) atoms. The maximum atomic E-state index is 12.7. The van der Waals surface area contributed by atoms with Gasteiger partial charge in [0.25, 0.3) is 0 Å². The van der Waals surface area contributed by atoms with Gasteiger partial charge >= 0.3 is 0 Å². The lowest BCUT2D eigenvalue weighted by Gasteiger charge is -2.20. The highest BCUT2D eigenvalue weighted by Crippen LogP contribution is 2.40. The van der Waals surface area contributed by atoms with Crippen LogP contribution in [-0.4, -0.2) is 18.9 Å². The van der Waals surface area contributed by atoms with Crippen molar-refractivity contribution in [3.05, 3.63) is 35.4 Å². The van der Waals surface area contributed by atoms with E-state index in [0.717, 1.165) is 37.1 Å². The van der Waals surface area contributed by atoms with E-state index in [1.54, 1.807) is 0 Å². The van der Waals surface area contributed by atoms with Crippen molar-refractivity contribution in [3.8, 4) is 0 Å². The summed E-state index contributed by atoms with van der Waals surface area (Å²) in [4.78, 5) is 15.0. The van der Waals surface area contributed by atoms with Gasteiger partial charge in [-0.2, -0.15) is 0 Å². The second-order valence-corrected chi connectivity index (χ2v) is 6.99. The van der Waals surface area contributed by atoms with Crippen molar-refractivity contribution < 1.29 is 4.79 Å². The van der Waals surface area contributed by atoms with Gasteiger partial charge < -0.3 is 4.90 Å². The lowest BCUT2D eigenvalue weighted by atomic mass is 9.88. The van der Waals surface area contributed by atoms with Gasteiger partial charge in [-0.3, -0.25) is 4.79 Å². The molecule has 0 aromatic heterocycles. The zero-order valence-electron chi connectivity index (χ0n) is 14.6. The SMILES string of the molecule is CCN(CC)c1ccc(/C=C2\CC[C@@H](C3CCCC3)C2=O)cc1. The Morgan fingerprint density at radius 2 is 1.70 bits per heavy atom. The molecule has 0 saturated heterocycles. The van der Waals surface area contributed by atoms with Crippen LogP contribution in [0.1, 0.15) is 57.9 Å². The lowest BCUT2D eigenvalue weighted by molar-refractivity contribution is -0.119. The standard InChI is InChI=1S/C21H29NO/c1-3-22(4-2)19-12-9-16(10-13-19)15-18-11-14-20(21(18)23)17-7-5-6-8-17/h9-10,12-13,15,17,20H,3-8,11,14H2,1-2H3/b18-15+/t20-/m0/s1. The number of anilines is 1. The molecule has 124 valence electrons.